The minimum atomic E-state index is -0.580. The van der Waals surface area contributed by atoms with E-state index in [1.807, 2.05) is 39.0 Å². The number of anilines is 1. The van der Waals surface area contributed by atoms with Crippen LogP contribution in [0.1, 0.15) is 66.5 Å². The third-order valence-electron chi connectivity index (χ3n) is 5.47. The molecule has 2 aliphatic rings. The monoisotopic (exact) mass is 406 g/mol. The normalized spacial score (nSPS) is 17.6. The van der Waals surface area contributed by atoms with Crippen LogP contribution in [0, 0.1) is 0 Å². The molecule has 2 aromatic carbocycles. The molecule has 0 N–H and O–H groups in total. The number of carbonyl (C=O) groups excluding carboxylic acids is 3. The minimum absolute atomic E-state index is 0.287. The highest BCUT2D eigenvalue weighted by Crippen LogP contribution is 2.37. The van der Waals surface area contributed by atoms with Crippen LogP contribution in [0.4, 0.5) is 10.5 Å². The molecule has 0 radical (unpaired) electrons. The first-order chi connectivity index (χ1) is 14.0. The molecule has 2 aromatic rings. The number of carbonyl (C=O) groups is 3. The van der Waals surface area contributed by atoms with Gasteiger partial charge in [-0.15, -0.1) is 0 Å². The topological polar surface area (TPSA) is 66.9 Å². The van der Waals surface area contributed by atoms with Crippen LogP contribution in [0.5, 0.6) is 0 Å². The van der Waals surface area contributed by atoms with E-state index >= 15 is 0 Å². The van der Waals surface area contributed by atoms with E-state index in [-0.39, 0.29) is 23.3 Å². The zero-order valence-corrected chi connectivity index (χ0v) is 18.0. The quantitative estimate of drug-likeness (QED) is 0.653. The van der Waals surface area contributed by atoms with Crippen LogP contribution in [-0.4, -0.2) is 35.0 Å². The van der Waals surface area contributed by atoms with E-state index in [4.69, 9.17) is 4.74 Å². The van der Waals surface area contributed by atoms with E-state index in [1.165, 1.54) is 4.90 Å². The minimum Gasteiger partial charge on any atom is -0.444 e. The summed E-state index contributed by atoms with van der Waals surface area (Å²) in [6.45, 7) is 10.6. The molecule has 0 atom stereocenters. The van der Waals surface area contributed by atoms with Gasteiger partial charge in [-0.25, -0.2) is 9.69 Å². The summed E-state index contributed by atoms with van der Waals surface area (Å²) in [4.78, 5) is 41.3. The van der Waals surface area contributed by atoms with Crippen molar-refractivity contribution in [2.24, 2.45) is 0 Å². The first kappa shape index (κ1) is 20.1. The Balaban J connectivity index is 1.69. The van der Waals surface area contributed by atoms with E-state index in [1.54, 1.807) is 29.2 Å². The van der Waals surface area contributed by atoms with Gasteiger partial charge in [-0.2, -0.15) is 0 Å². The number of ether oxygens (including phenoxy) is 1. The number of nitrogens with zero attached hydrogens (tertiary/aromatic N) is 2. The molecule has 3 amide bonds. The molecule has 0 saturated carbocycles. The van der Waals surface area contributed by atoms with Crippen LogP contribution in [0.25, 0.3) is 0 Å². The summed E-state index contributed by atoms with van der Waals surface area (Å²) in [6, 6.07) is 12.5. The van der Waals surface area contributed by atoms with Gasteiger partial charge in [0.25, 0.3) is 11.8 Å². The van der Waals surface area contributed by atoms with Crippen LogP contribution >= 0.6 is 0 Å². The van der Waals surface area contributed by atoms with Gasteiger partial charge in [0.05, 0.1) is 16.8 Å². The van der Waals surface area contributed by atoms with Gasteiger partial charge in [-0.05, 0) is 56.2 Å². The summed E-state index contributed by atoms with van der Waals surface area (Å²) in [7, 11) is 0. The molecule has 0 saturated heterocycles. The van der Waals surface area contributed by atoms with Crippen molar-refractivity contribution >= 4 is 23.6 Å². The second kappa shape index (κ2) is 6.69. The average Bonchev–Trinajstić information content (AvgIpc) is 2.90. The summed E-state index contributed by atoms with van der Waals surface area (Å²) in [5.41, 5.74) is 2.48. The lowest BCUT2D eigenvalue weighted by atomic mass is 9.78. The molecule has 6 heteroatoms. The molecular formula is C24H26N2O4. The Kier molecular flexibility index (Phi) is 4.49. The highest BCUT2D eigenvalue weighted by atomic mass is 16.6. The standard InChI is InChI=1S/C24H26N2O4/c1-23(2,3)30-22(29)25-13-15-12-16(10-11-19(15)24(4,5)14-25)26-20(27)17-8-6-7-9-18(17)21(26)28/h6-12H,13-14H2,1-5H3. The van der Waals surface area contributed by atoms with Crippen LogP contribution < -0.4 is 4.90 Å². The first-order valence-electron chi connectivity index (χ1n) is 10.1. The number of imide groups is 1. The van der Waals surface area contributed by atoms with Crippen molar-refractivity contribution in [3.63, 3.8) is 0 Å². The fraction of sp³-hybridized carbons (Fsp3) is 0.375. The zero-order chi connectivity index (χ0) is 21.8. The van der Waals surface area contributed by atoms with Gasteiger partial charge in [-0.1, -0.05) is 32.0 Å². The first-order valence-corrected chi connectivity index (χ1v) is 10.1. The van der Waals surface area contributed by atoms with E-state index in [9.17, 15) is 14.4 Å². The highest BCUT2D eigenvalue weighted by Gasteiger charge is 2.39. The molecule has 6 nitrogen and oxygen atoms in total. The van der Waals surface area contributed by atoms with Crippen molar-refractivity contribution in [2.45, 2.75) is 52.2 Å². The Labute approximate surface area is 176 Å². The van der Waals surface area contributed by atoms with Crippen molar-refractivity contribution in [3.05, 3.63) is 64.7 Å². The molecule has 0 unspecified atom stereocenters. The van der Waals surface area contributed by atoms with Gasteiger partial charge < -0.3 is 9.64 Å². The summed E-state index contributed by atoms with van der Waals surface area (Å²) in [5.74, 6) is -0.649. The van der Waals surface area contributed by atoms with Gasteiger partial charge in [0.15, 0.2) is 0 Å². The van der Waals surface area contributed by atoms with Crippen molar-refractivity contribution in [1.29, 1.82) is 0 Å². The SMILES string of the molecule is CC(C)(C)OC(=O)N1Cc2cc(N3C(=O)c4ccccc4C3=O)ccc2C(C)(C)C1. The molecule has 0 fully saturated rings. The predicted molar refractivity (Wildman–Crippen MR) is 114 cm³/mol. The Bertz CT molecular complexity index is 1030. The Morgan fingerprint density at radius 3 is 2.17 bits per heavy atom. The van der Waals surface area contributed by atoms with Gasteiger partial charge in [0.1, 0.15) is 5.60 Å². The molecule has 4 rings (SSSR count). The van der Waals surface area contributed by atoms with Crippen LogP contribution in [0.2, 0.25) is 0 Å². The van der Waals surface area contributed by atoms with E-state index in [0.717, 1.165) is 11.1 Å². The van der Waals surface area contributed by atoms with Gasteiger partial charge in [0, 0.05) is 18.5 Å². The summed E-state index contributed by atoms with van der Waals surface area (Å²) in [6.07, 6.45) is -0.368. The van der Waals surface area contributed by atoms with Gasteiger partial charge >= 0.3 is 6.09 Å². The molecule has 30 heavy (non-hydrogen) atoms. The number of amides is 3. The fourth-order valence-corrected chi connectivity index (χ4v) is 4.21. The maximum absolute atomic E-state index is 12.9. The number of rotatable bonds is 1. The number of benzene rings is 2. The maximum Gasteiger partial charge on any atom is 0.410 e. The summed E-state index contributed by atoms with van der Waals surface area (Å²) in [5, 5.41) is 0. The lowest BCUT2D eigenvalue weighted by Crippen LogP contribution is -2.47. The van der Waals surface area contributed by atoms with Crippen LogP contribution in [0.3, 0.4) is 0 Å². The van der Waals surface area contributed by atoms with E-state index in [2.05, 4.69) is 13.8 Å². The highest BCUT2D eigenvalue weighted by molar-refractivity contribution is 6.34. The van der Waals surface area contributed by atoms with Gasteiger partial charge in [0.2, 0.25) is 0 Å². The molecule has 0 aliphatic carbocycles. The number of hydrogen-bond donors (Lipinski definition) is 0. The van der Waals surface area contributed by atoms with Crippen LogP contribution in [-0.2, 0) is 16.7 Å². The Hall–Kier alpha value is -3.15. The predicted octanol–water partition coefficient (Wildman–Crippen LogP) is 4.52. The largest absolute Gasteiger partial charge is 0.444 e. The smallest absolute Gasteiger partial charge is 0.410 e. The summed E-state index contributed by atoms with van der Waals surface area (Å²) >= 11 is 0. The van der Waals surface area contributed by atoms with Crippen molar-refractivity contribution in [2.75, 3.05) is 11.4 Å². The molecule has 2 heterocycles. The lowest BCUT2D eigenvalue weighted by molar-refractivity contribution is 0.0174. The van der Waals surface area contributed by atoms with Crippen molar-refractivity contribution < 1.29 is 19.1 Å². The molecule has 156 valence electrons. The van der Waals surface area contributed by atoms with E-state index < -0.39 is 5.60 Å². The number of fused-ring (bicyclic) bond motifs is 2. The van der Waals surface area contributed by atoms with Crippen molar-refractivity contribution in [3.8, 4) is 0 Å². The van der Waals surface area contributed by atoms with Gasteiger partial charge in [-0.3, -0.25) is 9.59 Å². The third kappa shape index (κ3) is 3.36. The second-order valence-electron chi connectivity index (χ2n) is 9.55. The van der Waals surface area contributed by atoms with E-state index in [0.29, 0.717) is 29.9 Å². The van der Waals surface area contributed by atoms with Crippen LogP contribution in [0.15, 0.2) is 42.5 Å². The molecule has 2 aliphatic heterocycles. The summed E-state index contributed by atoms with van der Waals surface area (Å²) < 4.78 is 5.56. The maximum atomic E-state index is 12.9. The zero-order valence-electron chi connectivity index (χ0n) is 18.0. The fourth-order valence-electron chi connectivity index (χ4n) is 4.21. The molecule has 0 spiro atoms. The average molecular weight is 406 g/mol. The number of hydrogen-bond acceptors (Lipinski definition) is 4. The second-order valence-corrected chi connectivity index (χ2v) is 9.55. The molecule has 0 aromatic heterocycles. The third-order valence-corrected chi connectivity index (χ3v) is 5.47. The Morgan fingerprint density at radius 1 is 1.00 bits per heavy atom. The lowest BCUT2D eigenvalue weighted by Gasteiger charge is -2.40. The molecular weight excluding hydrogens is 380 g/mol. The van der Waals surface area contributed by atoms with Crippen molar-refractivity contribution in [1.82, 2.24) is 4.90 Å². The Morgan fingerprint density at radius 2 is 1.60 bits per heavy atom. The molecule has 0 bridgehead atoms.